The van der Waals surface area contributed by atoms with Gasteiger partial charge in [-0.15, -0.1) is 22.7 Å². The fourth-order valence-corrected chi connectivity index (χ4v) is 8.46. The number of hydrogen-bond donors (Lipinski definition) is 0. The number of methoxy groups -OCH3 is 2. The van der Waals surface area contributed by atoms with Gasteiger partial charge < -0.3 is 9.47 Å². The highest BCUT2D eigenvalue weighted by Crippen LogP contribution is 2.51. The zero-order valence-corrected chi connectivity index (χ0v) is 20.5. The van der Waals surface area contributed by atoms with Crippen LogP contribution < -0.4 is 0 Å². The van der Waals surface area contributed by atoms with E-state index in [1.807, 2.05) is 71.4 Å². The number of rotatable bonds is 7. The second-order valence-corrected chi connectivity index (χ2v) is 10.4. The van der Waals surface area contributed by atoms with Crippen LogP contribution in [0.2, 0.25) is 0 Å². The Hall–Kier alpha value is -2.52. The molecule has 0 spiro atoms. The van der Waals surface area contributed by atoms with Gasteiger partial charge in [0.05, 0.1) is 35.1 Å². The number of thiophene rings is 2. The molecule has 2 aromatic carbocycles. The first-order valence-corrected chi connectivity index (χ1v) is 13.4. The molecule has 32 heavy (non-hydrogen) atoms. The number of carbonyl (C=O) groups excluding carboxylic acids is 2. The molecule has 2 heterocycles. The van der Waals surface area contributed by atoms with Crippen LogP contribution in [0.4, 0.5) is 0 Å². The zero-order valence-electron chi connectivity index (χ0n) is 17.2. The van der Waals surface area contributed by atoms with Crippen molar-refractivity contribution >= 4 is 56.2 Å². The third-order valence-electron chi connectivity index (χ3n) is 4.58. The third kappa shape index (κ3) is 4.63. The molecule has 0 aliphatic heterocycles. The summed E-state index contributed by atoms with van der Waals surface area (Å²) in [7, 11) is 5.67. The van der Waals surface area contributed by atoms with Gasteiger partial charge in [0.25, 0.3) is 0 Å². The predicted molar refractivity (Wildman–Crippen MR) is 134 cm³/mol. The molecule has 0 fully saturated rings. The summed E-state index contributed by atoms with van der Waals surface area (Å²) in [5, 5.41) is 3.65. The van der Waals surface area contributed by atoms with E-state index >= 15 is 0 Å². The number of hydrogen-bond acceptors (Lipinski definition) is 8. The van der Waals surface area contributed by atoms with Crippen LogP contribution in [0.15, 0.2) is 81.2 Å². The van der Waals surface area contributed by atoms with E-state index in [0.717, 1.165) is 30.7 Å². The van der Waals surface area contributed by atoms with E-state index in [1.54, 1.807) is 0 Å². The first-order valence-electron chi connectivity index (χ1n) is 9.49. The molecule has 0 N–H and O–H groups in total. The van der Waals surface area contributed by atoms with Gasteiger partial charge in [-0.2, -0.15) is 0 Å². The largest absolute Gasteiger partial charge is 0.465 e. The maximum absolute atomic E-state index is 12.4. The molecule has 0 aliphatic carbocycles. The number of ether oxygens (including phenoxy) is 2. The number of esters is 2. The van der Waals surface area contributed by atoms with Gasteiger partial charge in [0, 0.05) is 20.5 Å². The Bertz CT molecular complexity index is 1130. The lowest BCUT2D eigenvalue weighted by molar-refractivity contribution is 0.0589. The smallest absolute Gasteiger partial charge is 0.339 e. The summed E-state index contributed by atoms with van der Waals surface area (Å²) in [6, 6.07) is 19.9. The number of carbonyl (C=O) groups is 2. The molecular formula is C24H18O4S4. The third-order valence-corrected chi connectivity index (χ3v) is 9.41. The van der Waals surface area contributed by atoms with Gasteiger partial charge in [0.1, 0.15) is 0 Å². The Morgan fingerprint density at radius 3 is 1.38 bits per heavy atom. The minimum atomic E-state index is -0.381. The Kier molecular flexibility index (Phi) is 7.36. The lowest BCUT2D eigenvalue weighted by atomic mass is 10.1. The van der Waals surface area contributed by atoms with Crippen molar-refractivity contribution in [2.45, 2.75) is 9.79 Å². The van der Waals surface area contributed by atoms with Crippen LogP contribution >= 0.6 is 44.3 Å². The quantitative estimate of drug-likeness (QED) is 0.194. The molecule has 4 aromatic rings. The molecule has 0 amide bonds. The standard InChI is InChI=1S/C24H18O4S4/c1-27-23(25)17-13-29-19(15-9-5-3-6-10-15)21(17)31-32-22-18(24(26)28-2)14-30-20(22)16-11-7-4-8-12-16/h3-14H,1-2H3. The summed E-state index contributed by atoms with van der Waals surface area (Å²) in [5.41, 5.74) is 3.09. The van der Waals surface area contributed by atoms with Crippen molar-refractivity contribution in [2.24, 2.45) is 0 Å². The van der Waals surface area contributed by atoms with Crippen molar-refractivity contribution in [3.05, 3.63) is 82.6 Å². The van der Waals surface area contributed by atoms with Gasteiger partial charge in [-0.3, -0.25) is 0 Å². The van der Waals surface area contributed by atoms with Crippen molar-refractivity contribution in [1.82, 2.24) is 0 Å². The summed E-state index contributed by atoms with van der Waals surface area (Å²) in [4.78, 5) is 28.5. The first-order chi connectivity index (χ1) is 15.6. The van der Waals surface area contributed by atoms with Crippen molar-refractivity contribution in [2.75, 3.05) is 14.2 Å². The van der Waals surface area contributed by atoms with E-state index in [2.05, 4.69) is 0 Å². The molecule has 0 aliphatic rings. The maximum Gasteiger partial charge on any atom is 0.339 e. The SMILES string of the molecule is COC(=O)c1csc(-c2ccccc2)c1SSc1c(C(=O)OC)csc1-c1ccccc1. The lowest BCUT2D eigenvalue weighted by Gasteiger charge is -2.09. The van der Waals surface area contributed by atoms with Crippen LogP contribution in [0.25, 0.3) is 20.9 Å². The highest BCUT2D eigenvalue weighted by atomic mass is 33.1. The summed E-state index contributed by atoms with van der Waals surface area (Å²) >= 11 is 3.00. The Balaban J connectivity index is 1.75. The average molecular weight is 499 g/mol. The molecule has 0 unspecified atom stereocenters. The minimum Gasteiger partial charge on any atom is -0.465 e. The highest BCUT2D eigenvalue weighted by Gasteiger charge is 2.24. The van der Waals surface area contributed by atoms with E-state index in [1.165, 1.54) is 58.5 Å². The van der Waals surface area contributed by atoms with Crippen molar-refractivity contribution in [1.29, 1.82) is 0 Å². The summed E-state index contributed by atoms with van der Waals surface area (Å²) < 4.78 is 10.0. The molecule has 0 saturated heterocycles. The van der Waals surface area contributed by atoms with E-state index in [-0.39, 0.29) is 11.9 Å². The Morgan fingerprint density at radius 1 is 0.656 bits per heavy atom. The van der Waals surface area contributed by atoms with Gasteiger partial charge in [-0.1, -0.05) is 82.3 Å². The fourth-order valence-electron chi connectivity index (χ4n) is 3.02. The van der Waals surface area contributed by atoms with Gasteiger partial charge in [0.15, 0.2) is 0 Å². The van der Waals surface area contributed by atoms with E-state index in [0.29, 0.717) is 11.1 Å². The van der Waals surface area contributed by atoms with E-state index in [9.17, 15) is 9.59 Å². The van der Waals surface area contributed by atoms with Crippen molar-refractivity contribution in [3.8, 4) is 20.9 Å². The van der Waals surface area contributed by atoms with Crippen LogP contribution in [0.5, 0.6) is 0 Å². The topological polar surface area (TPSA) is 52.6 Å². The summed E-state index contributed by atoms with van der Waals surface area (Å²) in [6.45, 7) is 0. The first kappa shape index (κ1) is 22.7. The van der Waals surface area contributed by atoms with E-state index in [4.69, 9.17) is 9.47 Å². The highest BCUT2D eigenvalue weighted by molar-refractivity contribution is 8.76. The second-order valence-electron chi connectivity index (χ2n) is 6.50. The molecular weight excluding hydrogens is 481 g/mol. The molecule has 0 saturated carbocycles. The normalized spacial score (nSPS) is 10.7. The summed E-state index contributed by atoms with van der Waals surface area (Å²) in [5.74, 6) is -0.762. The Morgan fingerprint density at radius 2 is 1.03 bits per heavy atom. The zero-order chi connectivity index (χ0) is 22.5. The average Bonchev–Trinajstić information content (AvgIpc) is 3.47. The minimum absolute atomic E-state index is 0.381. The molecule has 8 heteroatoms. The van der Waals surface area contributed by atoms with Gasteiger partial charge in [-0.05, 0) is 11.1 Å². The van der Waals surface area contributed by atoms with Crippen molar-refractivity contribution in [3.63, 3.8) is 0 Å². The number of benzene rings is 2. The van der Waals surface area contributed by atoms with E-state index < -0.39 is 0 Å². The second kappa shape index (κ2) is 10.4. The van der Waals surface area contributed by atoms with Gasteiger partial charge in [0.2, 0.25) is 0 Å². The molecule has 4 rings (SSSR count). The van der Waals surface area contributed by atoms with Gasteiger partial charge in [-0.25, -0.2) is 9.59 Å². The predicted octanol–water partition coefficient (Wildman–Crippen LogP) is 7.52. The molecule has 4 nitrogen and oxygen atoms in total. The van der Waals surface area contributed by atoms with Crippen LogP contribution in [-0.2, 0) is 9.47 Å². The monoisotopic (exact) mass is 498 g/mol. The fraction of sp³-hybridized carbons (Fsp3) is 0.0833. The van der Waals surface area contributed by atoms with Crippen molar-refractivity contribution < 1.29 is 19.1 Å². The van der Waals surface area contributed by atoms with Crippen LogP contribution in [-0.4, -0.2) is 26.2 Å². The molecule has 2 aromatic heterocycles. The van der Waals surface area contributed by atoms with Crippen LogP contribution in [0.3, 0.4) is 0 Å². The lowest BCUT2D eigenvalue weighted by Crippen LogP contribution is -2.01. The van der Waals surface area contributed by atoms with Crippen LogP contribution in [0.1, 0.15) is 20.7 Å². The van der Waals surface area contributed by atoms with Gasteiger partial charge >= 0.3 is 11.9 Å². The van der Waals surface area contributed by atoms with Crippen LogP contribution in [0, 0.1) is 0 Å². The Labute approximate surface area is 202 Å². The molecule has 0 atom stereocenters. The molecule has 162 valence electrons. The maximum atomic E-state index is 12.4. The summed E-state index contributed by atoms with van der Waals surface area (Å²) in [6.07, 6.45) is 0. The molecule has 0 bridgehead atoms. The molecule has 0 radical (unpaired) electrons.